The van der Waals surface area contributed by atoms with Gasteiger partial charge in [0.15, 0.2) is 0 Å². The van der Waals surface area contributed by atoms with Crippen LogP contribution in [0.2, 0.25) is 0 Å². The van der Waals surface area contributed by atoms with Crippen LogP contribution in [0, 0.1) is 0 Å². The summed E-state index contributed by atoms with van der Waals surface area (Å²) in [5.74, 6) is 0.450. The van der Waals surface area contributed by atoms with Gasteiger partial charge in [0.2, 0.25) is 15.9 Å². The molecule has 0 bridgehead atoms. The van der Waals surface area contributed by atoms with Crippen LogP contribution >= 0.6 is 0 Å². The average Bonchev–Trinajstić information content (AvgIpc) is 2.93. The lowest BCUT2D eigenvalue weighted by Gasteiger charge is -2.35. The van der Waals surface area contributed by atoms with E-state index in [1.165, 1.54) is 4.31 Å². The Morgan fingerprint density at radius 1 is 0.811 bits per heavy atom. The average molecular weight is 520 g/mol. The molecule has 4 rings (SSSR count). The van der Waals surface area contributed by atoms with Crippen molar-refractivity contribution in [2.75, 3.05) is 32.7 Å². The number of piperazine rings is 1. The van der Waals surface area contributed by atoms with Gasteiger partial charge in [0.1, 0.15) is 0 Å². The summed E-state index contributed by atoms with van der Waals surface area (Å²) in [6, 6.07) is 27.3. The third kappa shape index (κ3) is 7.06. The number of rotatable bonds is 10. The molecule has 3 aromatic rings. The standard InChI is InChI=1S/C30H37N3O3S/c1-3-25(2)28-14-16-29(17-15-28)37(35,36)33-20-18-31(19-21-33)24-30(34)32(22-26-10-6-4-7-11-26)23-27-12-8-5-9-13-27/h4-17,25H,3,18-24H2,1-2H3. The van der Waals surface area contributed by atoms with E-state index in [0.717, 1.165) is 23.1 Å². The third-order valence-electron chi connectivity index (χ3n) is 7.17. The SMILES string of the molecule is CCC(C)c1ccc(S(=O)(=O)N2CCN(CC(=O)N(Cc3ccccc3)Cc3ccccc3)CC2)cc1. The first-order chi connectivity index (χ1) is 17.9. The zero-order valence-corrected chi connectivity index (χ0v) is 22.6. The number of carbonyl (C=O) groups excluding carboxylic acids is 1. The molecule has 0 N–H and O–H groups in total. The molecule has 6 nitrogen and oxygen atoms in total. The Labute approximate surface area is 221 Å². The van der Waals surface area contributed by atoms with Crippen LogP contribution in [0.4, 0.5) is 0 Å². The molecule has 1 aliphatic rings. The number of benzene rings is 3. The molecule has 0 aromatic heterocycles. The Kier molecular flexibility index (Phi) is 9.14. The van der Waals surface area contributed by atoms with Gasteiger partial charge in [-0.05, 0) is 41.2 Å². The first-order valence-electron chi connectivity index (χ1n) is 13.0. The summed E-state index contributed by atoms with van der Waals surface area (Å²) in [5.41, 5.74) is 3.32. The van der Waals surface area contributed by atoms with Gasteiger partial charge >= 0.3 is 0 Å². The molecule has 1 fully saturated rings. The van der Waals surface area contributed by atoms with E-state index in [4.69, 9.17) is 0 Å². The number of hydrogen-bond acceptors (Lipinski definition) is 4. The van der Waals surface area contributed by atoms with E-state index in [1.54, 1.807) is 12.1 Å². The molecule has 1 heterocycles. The molecule has 0 radical (unpaired) electrons. The fourth-order valence-corrected chi connectivity index (χ4v) is 6.03. The monoisotopic (exact) mass is 519 g/mol. The molecular weight excluding hydrogens is 482 g/mol. The van der Waals surface area contributed by atoms with Crippen LogP contribution in [0.5, 0.6) is 0 Å². The third-order valence-corrected chi connectivity index (χ3v) is 9.09. The van der Waals surface area contributed by atoms with Crippen LogP contribution in [-0.4, -0.2) is 61.2 Å². The van der Waals surface area contributed by atoms with Crippen LogP contribution in [-0.2, 0) is 27.9 Å². The predicted octanol–water partition coefficient (Wildman–Crippen LogP) is 4.74. The second-order valence-corrected chi connectivity index (χ2v) is 11.7. The van der Waals surface area contributed by atoms with Gasteiger partial charge in [-0.3, -0.25) is 9.69 Å². The quantitative estimate of drug-likeness (QED) is 0.388. The van der Waals surface area contributed by atoms with E-state index in [9.17, 15) is 13.2 Å². The minimum Gasteiger partial charge on any atom is -0.333 e. The van der Waals surface area contributed by atoms with Crippen molar-refractivity contribution in [1.82, 2.24) is 14.1 Å². The maximum Gasteiger partial charge on any atom is 0.243 e. The van der Waals surface area contributed by atoms with Crippen molar-refractivity contribution in [3.8, 4) is 0 Å². The fourth-order valence-electron chi connectivity index (χ4n) is 4.61. The Morgan fingerprint density at radius 3 is 1.81 bits per heavy atom. The minimum atomic E-state index is -3.55. The van der Waals surface area contributed by atoms with Crippen molar-refractivity contribution in [2.45, 2.75) is 44.2 Å². The van der Waals surface area contributed by atoms with Crippen LogP contribution in [0.25, 0.3) is 0 Å². The molecule has 3 aromatic carbocycles. The van der Waals surface area contributed by atoms with Gasteiger partial charge in [-0.15, -0.1) is 0 Å². The molecule has 0 aliphatic carbocycles. The second kappa shape index (κ2) is 12.5. The highest BCUT2D eigenvalue weighted by atomic mass is 32.2. The molecule has 37 heavy (non-hydrogen) atoms. The molecule has 1 saturated heterocycles. The summed E-state index contributed by atoms with van der Waals surface area (Å²) >= 11 is 0. The smallest absolute Gasteiger partial charge is 0.243 e. The summed E-state index contributed by atoms with van der Waals surface area (Å²) < 4.78 is 28.0. The van der Waals surface area contributed by atoms with E-state index < -0.39 is 10.0 Å². The Hall–Kier alpha value is -3.00. The normalized spacial score (nSPS) is 15.8. The summed E-state index contributed by atoms with van der Waals surface area (Å²) in [7, 11) is -3.55. The lowest BCUT2D eigenvalue weighted by molar-refractivity contribution is -0.134. The maximum absolute atomic E-state index is 13.4. The van der Waals surface area contributed by atoms with Gasteiger partial charge < -0.3 is 4.90 Å². The molecule has 196 valence electrons. The van der Waals surface area contributed by atoms with Crippen molar-refractivity contribution < 1.29 is 13.2 Å². The number of sulfonamides is 1. The summed E-state index contributed by atoms with van der Waals surface area (Å²) in [6.07, 6.45) is 1.01. The summed E-state index contributed by atoms with van der Waals surface area (Å²) in [6.45, 7) is 7.43. The highest BCUT2D eigenvalue weighted by Crippen LogP contribution is 2.23. The highest BCUT2D eigenvalue weighted by molar-refractivity contribution is 7.89. The zero-order chi connectivity index (χ0) is 26.3. The molecular formula is C30H37N3O3S. The molecule has 1 amide bonds. The Morgan fingerprint density at radius 2 is 1.32 bits per heavy atom. The lowest BCUT2D eigenvalue weighted by Crippen LogP contribution is -2.51. The maximum atomic E-state index is 13.4. The van der Waals surface area contributed by atoms with Gasteiger partial charge in [-0.2, -0.15) is 4.31 Å². The van der Waals surface area contributed by atoms with E-state index in [0.29, 0.717) is 50.1 Å². The molecule has 0 saturated carbocycles. The van der Waals surface area contributed by atoms with Gasteiger partial charge in [0.05, 0.1) is 11.4 Å². The number of amides is 1. The van der Waals surface area contributed by atoms with Gasteiger partial charge in [-0.25, -0.2) is 8.42 Å². The van der Waals surface area contributed by atoms with Crippen molar-refractivity contribution >= 4 is 15.9 Å². The van der Waals surface area contributed by atoms with Crippen molar-refractivity contribution in [2.24, 2.45) is 0 Å². The first kappa shape index (κ1) is 27.0. The van der Waals surface area contributed by atoms with Gasteiger partial charge in [0.25, 0.3) is 0 Å². The molecule has 1 unspecified atom stereocenters. The first-order valence-corrected chi connectivity index (χ1v) is 14.5. The second-order valence-electron chi connectivity index (χ2n) is 9.78. The number of hydrogen-bond donors (Lipinski definition) is 0. The van der Waals surface area contributed by atoms with Crippen LogP contribution < -0.4 is 0 Å². The Balaban J connectivity index is 1.37. The number of nitrogens with zero attached hydrogens (tertiary/aromatic N) is 3. The van der Waals surface area contributed by atoms with Crippen LogP contribution in [0.1, 0.15) is 42.9 Å². The van der Waals surface area contributed by atoms with Gasteiger partial charge in [-0.1, -0.05) is 86.6 Å². The number of carbonyl (C=O) groups is 1. The topological polar surface area (TPSA) is 60.9 Å². The van der Waals surface area contributed by atoms with E-state index in [2.05, 4.69) is 18.7 Å². The Bertz CT molecular complexity index is 1200. The molecule has 7 heteroatoms. The van der Waals surface area contributed by atoms with Crippen LogP contribution in [0.15, 0.2) is 89.8 Å². The molecule has 1 atom stereocenters. The van der Waals surface area contributed by atoms with Crippen molar-refractivity contribution in [3.05, 3.63) is 102 Å². The van der Waals surface area contributed by atoms with E-state index >= 15 is 0 Å². The fraction of sp³-hybridized carbons (Fsp3) is 0.367. The highest BCUT2D eigenvalue weighted by Gasteiger charge is 2.30. The van der Waals surface area contributed by atoms with Gasteiger partial charge in [0, 0.05) is 39.3 Å². The van der Waals surface area contributed by atoms with Crippen molar-refractivity contribution in [1.29, 1.82) is 0 Å². The van der Waals surface area contributed by atoms with Crippen LogP contribution in [0.3, 0.4) is 0 Å². The minimum absolute atomic E-state index is 0.0460. The van der Waals surface area contributed by atoms with Crippen molar-refractivity contribution in [3.63, 3.8) is 0 Å². The zero-order valence-electron chi connectivity index (χ0n) is 21.8. The van der Waals surface area contributed by atoms with E-state index in [1.807, 2.05) is 77.7 Å². The lowest BCUT2D eigenvalue weighted by atomic mass is 9.99. The van der Waals surface area contributed by atoms with E-state index in [-0.39, 0.29) is 12.5 Å². The molecule has 1 aliphatic heterocycles. The summed E-state index contributed by atoms with van der Waals surface area (Å²) in [5, 5.41) is 0. The predicted molar refractivity (Wildman–Crippen MR) is 147 cm³/mol. The summed E-state index contributed by atoms with van der Waals surface area (Å²) in [4.78, 5) is 17.7. The molecule has 0 spiro atoms. The largest absolute Gasteiger partial charge is 0.333 e.